The molecule has 0 bridgehead atoms. The van der Waals surface area contributed by atoms with Gasteiger partial charge in [0.1, 0.15) is 18.1 Å². The summed E-state index contributed by atoms with van der Waals surface area (Å²) in [4.78, 5) is 48.1. The van der Waals surface area contributed by atoms with Gasteiger partial charge in [-0.25, -0.2) is 0 Å². The van der Waals surface area contributed by atoms with Gasteiger partial charge in [0.05, 0.1) is 0 Å². The Kier molecular flexibility index (Phi) is 13.3. The van der Waals surface area contributed by atoms with E-state index in [1.165, 1.54) is 6.92 Å². The molecule has 0 aromatic rings. The number of hydrogen-bond donors (Lipinski definition) is 6. The summed E-state index contributed by atoms with van der Waals surface area (Å²) in [6, 6.07) is -2.58. The molecule has 0 unspecified atom stereocenters. The van der Waals surface area contributed by atoms with Crippen LogP contribution in [0.25, 0.3) is 0 Å². The average molecular weight is 418 g/mol. The fourth-order valence-corrected chi connectivity index (χ4v) is 2.60. The summed E-state index contributed by atoms with van der Waals surface area (Å²) in [5.41, 5.74) is 10.7. The number of nitrogens with two attached hydrogens (primary N) is 2. The molecule has 28 heavy (non-hydrogen) atoms. The second-order valence-corrected chi connectivity index (χ2v) is 7.58. The van der Waals surface area contributed by atoms with Crippen LogP contribution in [-0.4, -0.2) is 54.1 Å². The van der Waals surface area contributed by atoms with Crippen LogP contribution in [0.5, 0.6) is 0 Å². The van der Waals surface area contributed by atoms with Crippen LogP contribution in [0, 0.1) is 5.92 Å². The van der Waals surface area contributed by atoms with Crippen molar-refractivity contribution in [2.24, 2.45) is 17.4 Å². The van der Waals surface area contributed by atoms with Crippen molar-refractivity contribution in [1.29, 1.82) is 0 Å². The van der Waals surface area contributed by atoms with Gasteiger partial charge in [-0.1, -0.05) is 13.8 Å². The van der Waals surface area contributed by atoms with Crippen molar-refractivity contribution in [3.05, 3.63) is 0 Å². The van der Waals surface area contributed by atoms with Gasteiger partial charge in [-0.2, -0.15) is 12.6 Å². The highest BCUT2D eigenvalue weighted by atomic mass is 32.1. The van der Waals surface area contributed by atoms with Gasteiger partial charge >= 0.3 is 0 Å². The molecule has 162 valence electrons. The molecule has 9 nitrogen and oxygen atoms in total. The minimum atomic E-state index is -0.925. The molecule has 7 N–H and O–H groups in total. The lowest BCUT2D eigenvalue weighted by molar-refractivity contribution is -0.133. The number of hydrogen-bond acceptors (Lipinski definition) is 6. The van der Waals surface area contributed by atoms with E-state index < -0.39 is 35.8 Å². The monoisotopic (exact) mass is 417 g/mol. The van der Waals surface area contributed by atoms with E-state index in [1.54, 1.807) is 0 Å². The Bertz CT molecular complexity index is 530. The highest BCUT2D eigenvalue weighted by Crippen LogP contribution is 2.06. The smallest absolute Gasteiger partial charge is 0.243 e. The second kappa shape index (κ2) is 14.2. The second-order valence-electron chi connectivity index (χ2n) is 7.21. The van der Waals surface area contributed by atoms with E-state index in [0.29, 0.717) is 31.7 Å². The molecule has 0 aliphatic rings. The number of carbonyl (C=O) groups excluding carboxylic acids is 4. The van der Waals surface area contributed by atoms with Gasteiger partial charge in [0.15, 0.2) is 0 Å². The van der Waals surface area contributed by atoms with E-state index in [0.717, 1.165) is 12.8 Å². The first-order chi connectivity index (χ1) is 13.1. The normalized spacial score (nSPS) is 14.1. The molecule has 0 rings (SSSR count). The molecule has 0 saturated carbocycles. The molecule has 10 heteroatoms. The first-order valence-electron chi connectivity index (χ1n) is 9.62. The van der Waals surface area contributed by atoms with E-state index in [2.05, 4.69) is 28.6 Å². The molecule has 0 aromatic heterocycles. The van der Waals surface area contributed by atoms with Crippen LogP contribution in [0.2, 0.25) is 0 Å². The minimum Gasteiger partial charge on any atom is -0.368 e. The summed E-state index contributed by atoms with van der Waals surface area (Å²) in [7, 11) is 0. The SMILES string of the molecule is CC(C)CCC(=O)N[C@@H](CCCCN)C(=O)N[C@@H](C)C(=O)N[C@@H](CS)C(N)=O. The fourth-order valence-electron chi connectivity index (χ4n) is 2.33. The summed E-state index contributed by atoms with van der Waals surface area (Å²) in [5, 5.41) is 7.73. The number of amides is 4. The van der Waals surface area contributed by atoms with Gasteiger partial charge in [-0.05, 0) is 45.1 Å². The van der Waals surface area contributed by atoms with Crippen LogP contribution < -0.4 is 27.4 Å². The molecular formula is C18H35N5O4S. The molecular weight excluding hydrogens is 382 g/mol. The van der Waals surface area contributed by atoms with Crippen molar-refractivity contribution in [3.63, 3.8) is 0 Å². The number of unbranched alkanes of at least 4 members (excludes halogenated alkanes) is 1. The van der Waals surface area contributed by atoms with Gasteiger partial charge in [-0.3, -0.25) is 19.2 Å². The zero-order chi connectivity index (χ0) is 21.7. The summed E-state index contributed by atoms with van der Waals surface area (Å²) < 4.78 is 0. The fraction of sp³-hybridized carbons (Fsp3) is 0.778. The van der Waals surface area contributed by atoms with Gasteiger partial charge in [0.25, 0.3) is 0 Å². The van der Waals surface area contributed by atoms with Crippen molar-refractivity contribution < 1.29 is 19.2 Å². The predicted octanol–water partition coefficient (Wildman–Crippen LogP) is -0.559. The van der Waals surface area contributed by atoms with E-state index in [1.807, 2.05) is 13.8 Å². The van der Waals surface area contributed by atoms with Gasteiger partial charge in [0.2, 0.25) is 23.6 Å². The third kappa shape index (κ3) is 11.1. The van der Waals surface area contributed by atoms with E-state index >= 15 is 0 Å². The zero-order valence-corrected chi connectivity index (χ0v) is 17.9. The zero-order valence-electron chi connectivity index (χ0n) is 17.0. The quantitative estimate of drug-likeness (QED) is 0.165. The highest BCUT2D eigenvalue weighted by Gasteiger charge is 2.26. The molecule has 0 spiro atoms. The van der Waals surface area contributed by atoms with Crippen molar-refractivity contribution in [2.75, 3.05) is 12.3 Å². The molecule has 0 heterocycles. The first-order valence-corrected chi connectivity index (χ1v) is 10.3. The summed E-state index contributed by atoms with van der Waals surface area (Å²) in [6.45, 7) is 6.01. The van der Waals surface area contributed by atoms with Crippen molar-refractivity contribution in [3.8, 4) is 0 Å². The molecule has 0 radical (unpaired) electrons. The van der Waals surface area contributed by atoms with E-state index in [4.69, 9.17) is 11.5 Å². The summed E-state index contributed by atoms with van der Waals surface area (Å²) >= 11 is 3.96. The maximum Gasteiger partial charge on any atom is 0.243 e. The van der Waals surface area contributed by atoms with Gasteiger partial charge in [-0.15, -0.1) is 0 Å². The van der Waals surface area contributed by atoms with Crippen molar-refractivity contribution in [1.82, 2.24) is 16.0 Å². The molecule has 3 atom stereocenters. The Morgan fingerprint density at radius 1 is 0.893 bits per heavy atom. The van der Waals surface area contributed by atoms with E-state index in [-0.39, 0.29) is 11.7 Å². The number of primary amides is 1. The van der Waals surface area contributed by atoms with Crippen LogP contribution in [0.4, 0.5) is 0 Å². The van der Waals surface area contributed by atoms with Crippen molar-refractivity contribution >= 4 is 36.3 Å². The first kappa shape index (κ1) is 26.2. The van der Waals surface area contributed by atoms with Crippen LogP contribution in [0.1, 0.15) is 52.9 Å². The molecule has 0 saturated heterocycles. The molecule has 0 aliphatic carbocycles. The molecule has 0 aromatic carbocycles. The molecule has 0 fully saturated rings. The molecule has 4 amide bonds. The molecule has 0 aliphatic heterocycles. The van der Waals surface area contributed by atoms with Crippen molar-refractivity contribution in [2.45, 2.75) is 71.0 Å². The Balaban J connectivity index is 4.84. The van der Waals surface area contributed by atoms with Crippen LogP contribution in [0.3, 0.4) is 0 Å². The summed E-state index contributed by atoms with van der Waals surface area (Å²) in [5.74, 6) is -1.50. The van der Waals surface area contributed by atoms with Crippen LogP contribution in [0.15, 0.2) is 0 Å². The highest BCUT2D eigenvalue weighted by molar-refractivity contribution is 7.80. The van der Waals surface area contributed by atoms with Crippen LogP contribution >= 0.6 is 12.6 Å². The number of nitrogens with one attached hydrogen (secondary N) is 3. The third-order valence-corrected chi connectivity index (χ3v) is 4.51. The Hall–Kier alpha value is -1.81. The van der Waals surface area contributed by atoms with E-state index in [9.17, 15) is 19.2 Å². The average Bonchev–Trinajstić information content (AvgIpc) is 2.62. The number of rotatable bonds is 14. The lowest BCUT2D eigenvalue weighted by Gasteiger charge is -2.22. The van der Waals surface area contributed by atoms with Gasteiger partial charge in [0, 0.05) is 12.2 Å². The Morgan fingerprint density at radius 2 is 1.54 bits per heavy atom. The maximum absolute atomic E-state index is 12.6. The van der Waals surface area contributed by atoms with Gasteiger partial charge < -0.3 is 27.4 Å². The predicted molar refractivity (Wildman–Crippen MR) is 111 cm³/mol. The maximum atomic E-state index is 12.6. The summed E-state index contributed by atoms with van der Waals surface area (Å²) in [6.07, 6.45) is 2.87. The topological polar surface area (TPSA) is 156 Å². The lowest BCUT2D eigenvalue weighted by atomic mass is 10.1. The Labute approximate surface area is 172 Å². The number of carbonyl (C=O) groups is 4. The minimum absolute atomic E-state index is 0.0510. The largest absolute Gasteiger partial charge is 0.368 e. The number of thiol groups is 1. The lowest BCUT2D eigenvalue weighted by Crippen LogP contribution is -2.55. The van der Waals surface area contributed by atoms with Crippen LogP contribution in [-0.2, 0) is 19.2 Å². The standard InChI is InChI=1S/C18H35N5O4S/c1-11(2)7-8-15(24)22-13(6-4-5-9-19)18(27)21-12(3)17(26)23-14(10-28)16(20)25/h11-14,28H,4-10,19H2,1-3H3,(H2,20,25)(H,21,27)(H,22,24)(H,23,26)/t12-,13-,14-/m0/s1. The third-order valence-electron chi connectivity index (χ3n) is 4.14. The Morgan fingerprint density at radius 3 is 2.04 bits per heavy atom.